The van der Waals surface area contributed by atoms with Crippen molar-refractivity contribution in [2.75, 3.05) is 25.6 Å². The van der Waals surface area contributed by atoms with Crippen molar-refractivity contribution in [3.63, 3.8) is 0 Å². The SMILES string of the molecule is CSCCN(C)C(=O)Cc1c[nH]c2ccccc12. The summed E-state index contributed by atoms with van der Waals surface area (Å²) in [6.45, 7) is 0.808. The molecule has 0 fully saturated rings. The van der Waals surface area contributed by atoms with E-state index in [4.69, 9.17) is 0 Å². The molecule has 2 aromatic rings. The van der Waals surface area contributed by atoms with E-state index in [9.17, 15) is 4.79 Å². The molecule has 96 valence electrons. The first-order valence-electron chi connectivity index (χ1n) is 6.00. The number of nitrogens with one attached hydrogen (secondary N) is 1. The van der Waals surface area contributed by atoms with E-state index in [2.05, 4.69) is 17.3 Å². The molecule has 2 rings (SSSR count). The molecule has 0 aliphatic rings. The lowest BCUT2D eigenvalue weighted by molar-refractivity contribution is -0.128. The number of aromatic nitrogens is 1. The molecule has 0 spiro atoms. The number of carbonyl (C=O) groups excluding carboxylic acids is 1. The summed E-state index contributed by atoms with van der Waals surface area (Å²) in [5.74, 6) is 1.16. The van der Waals surface area contributed by atoms with Gasteiger partial charge in [-0.15, -0.1) is 0 Å². The molecular weight excluding hydrogens is 244 g/mol. The third-order valence-electron chi connectivity index (χ3n) is 3.07. The van der Waals surface area contributed by atoms with Crippen molar-refractivity contribution in [2.45, 2.75) is 6.42 Å². The van der Waals surface area contributed by atoms with Gasteiger partial charge < -0.3 is 9.88 Å². The maximum Gasteiger partial charge on any atom is 0.226 e. The largest absolute Gasteiger partial charge is 0.361 e. The normalized spacial score (nSPS) is 10.8. The number of amides is 1. The lowest BCUT2D eigenvalue weighted by atomic mass is 10.1. The Hall–Kier alpha value is -1.42. The Morgan fingerprint density at radius 2 is 2.17 bits per heavy atom. The summed E-state index contributed by atoms with van der Waals surface area (Å²) in [5.41, 5.74) is 2.17. The van der Waals surface area contributed by atoms with Gasteiger partial charge in [-0.1, -0.05) is 18.2 Å². The van der Waals surface area contributed by atoms with E-state index in [-0.39, 0.29) is 5.91 Å². The molecule has 1 amide bonds. The Balaban J connectivity index is 2.07. The van der Waals surface area contributed by atoms with E-state index in [1.54, 1.807) is 16.7 Å². The molecule has 0 aliphatic carbocycles. The first-order valence-corrected chi connectivity index (χ1v) is 7.39. The van der Waals surface area contributed by atoms with Crippen LogP contribution in [0.5, 0.6) is 0 Å². The Kier molecular flexibility index (Phi) is 4.31. The highest BCUT2D eigenvalue weighted by Gasteiger charge is 2.12. The first kappa shape index (κ1) is 13.0. The van der Waals surface area contributed by atoms with E-state index in [1.165, 1.54) is 0 Å². The van der Waals surface area contributed by atoms with Crippen LogP contribution in [0.1, 0.15) is 5.56 Å². The first-order chi connectivity index (χ1) is 8.72. The van der Waals surface area contributed by atoms with Crippen LogP contribution >= 0.6 is 11.8 Å². The zero-order valence-corrected chi connectivity index (χ0v) is 11.6. The number of hydrogen-bond acceptors (Lipinski definition) is 2. The van der Waals surface area contributed by atoms with Crippen LogP contribution in [0.25, 0.3) is 10.9 Å². The number of likely N-dealkylation sites (N-methyl/N-ethyl adjacent to an activating group) is 1. The van der Waals surface area contributed by atoms with Crippen molar-refractivity contribution in [1.82, 2.24) is 9.88 Å². The van der Waals surface area contributed by atoms with Crippen LogP contribution in [0.3, 0.4) is 0 Å². The predicted octanol–water partition coefficient (Wildman–Crippen LogP) is 2.53. The molecule has 1 aromatic carbocycles. The minimum atomic E-state index is 0.175. The third kappa shape index (κ3) is 2.88. The van der Waals surface area contributed by atoms with Gasteiger partial charge in [0.2, 0.25) is 5.91 Å². The maximum absolute atomic E-state index is 12.1. The molecule has 0 aliphatic heterocycles. The Labute approximate surface area is 112 Å². The fraction of sp³-hybridized carbons (Fsp3) is 0.357. The smallest absolute Gasteiger partial charge is 0.226 e. The van der Waals surface area contributed by atoms with Crippen molar-refractivity contribution in [3.05, 3.63) is 36.0 Å². The second kappa shape index (κ2) is 5.96. The van der Waals surface area contributed by atoms with Crippen LogP contribution in [0.15, 0.2) is 30.5 Å². The lowest BCUT2D eigenvalue weighted by Crippen LogP contribution is -2.30. The summed E-state index contributed by atoms with van der Waals surface area (Å²) in [7, 11) is 1.87. The fourth-order valence-electron chi connectivity index (χ4n) is 1.93. The second-order valence-electron chi connectivity index (χ2n) is 4.34. The quantitative estimate of drug-likeness (QED) is 0.899. The lowest BCUT2D eigenvalue weighted by Gasteiger charge is -2.16. The maximum atomic E-state index is 12.1. The molecule has 18 heavy (non-hydrogen) atoms. The molecule has 0 radical (unpaired) electrons. The van der Waals surface area contributed by atoms with Crippen LogP contribution in [0.2, 0.25) is 0 Å². The van der Waals surface area contributed by atoms with Gasteiger partial charge in [-0.2, -0.15) is 11.8 Å². The van der Waals surface area contributed by atoms with Crippen LogP contribution in [-0.4, -0.2) is 41.4 Å². The highest BCUT2D eigenvalue weighted by molar-refractivity contribution is 7.98. The van der Waals surface area contributed by atoms with Gasteiger partial charge >= 0.3 is 0 Å². The molecule has 0 unspecified atom stereocenters. The number of H-pyrrole nitrogens is 1. The predicted molar refractivity (Wildman–Crippen MR) is 78.0 cm³/mol. The Morgan fingerprint density at radius 1 is 1.39 bits per heavy atom. The number of rotatable bonds is 5. The molecule has 0 atom stereocenters. The number of benzene rings is 1. The summed E-state index contributed by atoms with van der Waals surface area (Å²) < 4.78 is 0. The number of fused-ring (bicyclic) bond motifs is 1. The molecule has 0 saturated carbocycles. The van der Waals surface area contributed by atoms with Gasteiger partial charge in [0.05, 0.1) is 6.42 Å². The summed E-state index contributed by atoms with van der Waals surface area (Å²) in [5, 5.41) is 1.14. The summed E-state index contributed by atoms with van der Waals surface area (Å²) in [6.07, 6.45) is 4.46. The highest BCUT2D eigenvalue weighted by atomic mass is 32.2. The summed E-state index contributed by atoms with van der Waals surface area (Å²) >= 11 is 1.76. The molecule has 0 bridgehead atoms. The zero-order valence-electron chi connectivity index (χ0n) is 10.8. The molecular formula is C14H18N2OS. The minimum Gasteiger partial charge on any atom is -0.361 e. The van der Waals surface area contributed by atoms with E-state index >= 15 is 0 Å². The van der Waals surface area contributed by atoms with Crippen molar-refractivity contribution in [3.8, 4) is 0 Å². The number of thioether (sulfide) groups is 1. The van der Waals surface area contributed by atoms with Crippen molar-refractivity contribution in [1.29, 1.82) is 0 Å². The van der Waals surface area contributed by atoms with E-state index in [1.807, 2.05) is 31.4 Å². The van der Waals surface area contributed by atoms with Crippen LogP contribution < -0.4 is 0 Å². The minimum absolute atomic E-state index is 0.175. The summed E-state index contributed by atoms with van der Waals surface area (Å²) in [4.78, 5) is 17.1. The standard InChI is InChI=1S/C14H18N2OS/c1-16(7-8-18-2)14(17)9-11-10-15-13-6-4-3-5-12(11)13/h3-6,10,15H,7-9H2,1-2H3. The van der Waals surface area contributed by atoms with Crippen molar-refractivity contribution in [2.24, 2.45) is 0 Å². The van der Waals surface area contributed by atoms with Crippen LogP contribution in [0, 0.1) is 0 Å². The number of hydrogen-bond donors (Lipinski definition) is 1. The van der Waals surface area contributed by atoms with Gasteiger partial charge in [-0.05, 0) is 17.9 Å². The van der Waals surface area contributed by atoms with Gasteiger partial charge in [0, 0.05) is 36.4 Å². The Morgan fingerprint density at radius 3 is 2.94 bits per heavy atom. The van der Waals surface area contributed by atoms with E-state index < -0.39 is 0 Å². The van der Waals surface area contributed by atoms with Gasteiger partial charge in [0.1, 0.15) is 0 Å². The number of carbonyl (C=O) groups is 1. The zero-order chi connectivity index (χ0) is 13.0. The fourth-order valence-corrected chi connectivity index (χ4v) is 2.39. The van der Waals surface area contributed by atoms with Gasteiger partial charge in [0.25, 0.3) is 0 Å². The average Bonchev–Trinajstić information content (AvgIpc) is 2.79. The van der Waals surface area contributed by atoms with Crippen molar-refractivity contribution >= 4 is 28.6 Å². The van der Waals surface area contributed by atoms with E-state index in [0.29, 0.717) is 6.42 Å². The molecule has 4 heteroatoms. The molecule has 1 heterocycles. The van der Waals surface area contributed by atoms with Crippen molar-refractivity contribution < 1.29 is 4.79 Å². The van der Waals surface area contributed by atoms with Gasteiger partial charge in [0.15, 0.2) is 0 Å². The molecule has 1 N–H and O–H groups in total. The van der Waals surface area contributed by atoms with Crippen LogP contribution in [0.4, 0.5) is 0 Å². The number of nitrogens with zero attached hydrogens (tertiary/aromatic N) is 1. The van der Waals surface area contributed by atoms with Crippen LogP contribution in [-0.2, 0) is 11.2 Å². The molecule has 1 aromatic heterocycles. The van der Waals surface area contributed by atoms with Gasteiger partial charge in [-0.3, -0.25) is 4.79 Å². The molecule has 0 saturated heterocycles. The number of para-hydroxylation sites is 1. The highest BCUT2D eigenvalue weighted by Crippen LogP contribution is 2.18. The second-order valence-corrected chi connectivity index (χ2v) is 5.33. The van der Waals surface area contributed by atoms with E-state index in [0.717, 1.165) is 28.8 Å². The topological polar surface area (TPSA) is 36.1 Å². The van der Waals surface area contributed by atoms with Gasteiger partial charge in [-0.25, -0.2) is 0 Å². The molecule has 3 nitrogen and oxygen atoms in total. The average molecular weight is 262 g/mol. The Bertz CT molecular complexity index is 535. The monoisotopic (exact) mass is 262 g/mol. The number of aromatic amines is 1. The summed E-state index contributed by atoms with van der Waals surface area (Å²) in [6, 6.07) is 8.08. The third-order valence-corrected chi connectivity index (χ3v) is 3.66.